The van der Waals surface area contributed by atoms with Crippen LogP contribution in [0.5, 0.6) is 0 Å². The van der Waals surface area contributed by atoms with E-state index >= 15 is 0 Å². The van der Waals surface area contributed by atoms with Crippen molar-refractivity contribution in [2.75, 3.05) is 14.2 Å². The summed E-state index contributed by atoms with van der Waals surface area (Å²) in [6.07, 6.45) is 9.01. The lowest BCUT2D eigenvalue weighted by Gasteiger charge is -2.29. The Hall–Kier alpha value is -1.19. The van der Waals surface area contributed by atoms with Gasteiger partial charge >= 0.3 is 0 Å². The van der Waals surface area contributed by atoms with E-state index in [1.54, 1.807) is 26.4 Å². The minimum absolute atomic E-state index is 0.0934. The van der Waals surface area contributed by atoms with Gasteiger partial charge in [-0.1, -0.05) is 75.8 Å². The van der Waals surface area contributed by atoms with Crippen LogP contribution in [0.4, 0.5) is 0 Å². The topological polar surface area (TPSA) is 35.5 Å². The minimum Gasteiger partial charge on any atom is -0.347 e. The molecule has 0 bridgehead atoms. The largest absolute Gasteiger partial charge is 0.347 e. The lowest BCUT2D eigenvalue weighted by molar-refractivity contribution is -0.173. The van der Waals surface area contributed by atoms with Crippen LogP contribution >= 0.6 is 0 Å². The molecule has 3 heteroatoms. The zero-order valence-corrected chi connectivity index (χ0v) is 14.3. The average Bonchev–Trinajstić information content (AvgIpc) is 2.58. The highest BCUT2D eigenvalue weighted by molar-refractivity contribution is 6.01. The number of unbranched alkanes of at least 4 members (excludes halogenated alkanes) is 6. The summed E-state index contributed by atoms with van der Waals surface area (Å²) in [7, 11) is 3.09. The first-order valence-electron chi connectivity index (χ1n) is 8.40. The van der Waals surface area contributed by atoms with Crippen LogP contribution in [0.2, 0.25) is 0 Å². The van der Waals surface area contributed by atoms with Crippen molar-refractivity contribution >= 4 is 5.78 Å². The minimum atomic E-state index is -1.15. The Morgan fingerprint density at radius 3 is 2.00 bits per heavy atom. The molecule has 0 radical (unpaired) electrons. The summed E-state index contributed by atoms with van der Waals surface area (Å²) < 4.78 is 11.0. The average molecular weight is 306 g/mol. The number of Topliss-reactive ketones (excluding diaryl/α,β-unsaturated/α-hetero) is 1. The van der Waals surface area contributed by atoms with Gasteiger partial charge in [-0.05, 0) is 6.42 Å². The van der Waals surface area contributed by atoms with E-state index in [0.717, 1.165) is 12.8 Å². The van der Waals surface area contributed by atoms with Crippen molar-refractivity contribution < 1.29 is 14.3 Å². The van der Waals surface area contributed by atoms with Gasteiger partial charge in [-0.25, -0.2) is 0 Å². The number of ether oxygens (including phenoxy) is 2. The van der Waals surface area contributed by atoms with Crippen molar-refractivity contribution in [2.45, 2.75) is 64.1 Å². The molecule has 0 amide bonds. The molecule has 0 fully saturated rings. The van der Waals surface area contributed by atoms with E-state index in [2.05, 4.69) is 6.92 Å². The van der Waals surface area contributed by atoms with Crippen molar-refractivity contribution in [3.05, 3.63) is 35.9 Å². The van der Waals surface area contributed by atoms with Crippen LogP contribution in [-0.4, -0.2) is 25.8 Å². The monoisotopic (exact) mass is 306 g/mol. The SMILES string of the molecule is CCCCCCCCCC(OC)(OC)C(=O)c1ccccc1. The Balaban J connectivity index is 2.51. The molecule has 0 heterocycles. The molecular weight excluding hydrogens is 276 g/mol. The van der Waals surface area contributed by atoms with Gasteiger partial charge in [0.15, 0.2) is 0 Å². The number of carbonyl (C=O) groups excluding carboxylic acids is 1. The maximum absolute atomic E-state index is 12.7. The molecule has 0 spiro atoms. The maximum atomic E-state index is 12.7. The first kappa shape index (κ1) is 18.9. The number of benzene rings is 1. The number of hydrogen-bond acceptors (Lipinski definition) is 3. The predicted octanol–water partition coefficient (Wildman–Crippen LogP) is 5.00. The second-order valence-corrected chi connectivity index (χ2v) is 5.73. The third-order valence-corrected chi connectivity index (χ3v) is 4.15. The quantitative estimate of drug-likeness (QED) is 0.310. The fraction of sp³-hybridized carbons (Fsp3) is 0.632. The summed E-state index contributed by atoms with van der Waals surface area (Å²) in [6, 6.07) is 9.22. The normalized spacial score (nSPS) is 11.6. The summed E-state index contributed by atoms with van der Waals surface area (Å²) in [6.45, 7) is 2.22. The van der Waals surface area contributed by atoms with E-state index < -0.39 is 5.79 Å². The summed E-state index contributed by atoms with van der Waals surface area (Å²) in [4.78, 5) is 12.7. The molecule has 0 atom stereocenters. The maximum Gasteiger partial charge on any atom is 0.233 e. The van der Waals surface area contributed by atoms with Crippen LogP contribution < -0.4 is 0 Å². The fourth-order valence-corrected chi connectivity index (χ4v) is 2.71. The lowest BCUT2D eigenvalue weighted by atomic mass is 9.97. The number of rotatable bonds is 12. The fourth-order valence-electron chi connectivity index (χ4n) is 2.71. The molecule has 22 heavy (non-hydrogen) atoms. The van der Waals surface area contributed by atoms with Crippen molar-refractivity contribution in [3.63, 3.8) is 0 Å². The highest BCUT2D eigenvalue weighted by Gasteiger charge is 2.38. The van der Waals surface area contributed by atoms with Gasteiger partial charge in [0.25, 0.3) is 0 Å². The molecule has 1 rings (SSSR count). The predicted molar refractivity (Wildman–Crippen MR) is 90.1 cm³/mol. The van der Waals surface area contributed by atoms with E-state index in [0.29, 0.717) is 12.0 Å². The highest BCUT2D eigenvalue weighted by Crippen LogP contribution is 2.25. The zero-order valence-electron chi connectivity index (χ0n) is 14.3. The number of ketones is 1. The van der Waals surface area contributed by atoms with Gasteiger partial charge in [0.05, 0.1) is 0 Å². The Kier molecular flexibility index (Phi) is 9.02. The molecule has 3 nitrogen and oxygen atoms in total. The van der Waals surface area contributed by atoms with Crippen molar-refractivity contribution in [3.8, 4) is 0 Å². The van der Waals surface area contributed by atoms with Gasteiger partial charge in [-0.15, -0.1) is 0 Å². The van der Waals surface area contributed by atoms with E-state index in [1.807, 2.05) is 18.2 Å². The molecule has 0 aliphatic carbocycles. The molecule has 0 aromatic heterocycles. The van der Waals surface area contributed by atoms with Crippen molar-refractivity contribution in [1.29, 1.82) is 0 Å². The van der Waals surface area contributed by atoms with E-state index in [1.165, 1.54) is 32.1 Å². The summed E-state index contributed by atoms with van der Waals surface area (Å²) >= 11 is 0. The molecule has 0 unspecified atom stereocenters. The van der Waals surface area contributed by atoms with Crippen LogP contribution in [0, 0.1) is 0 Å². The third kappa shape index (κ3) is 5.54. The number of carbonyl (C=O) groups is 1. The molecular formula is C19H30O3. The van der Waals surface area contributed by atoms with Crippen LogP contribution in [0.3, 0.4) is 0 Å². The highest BCUT2D eigenvalue weighted by atomic mass is 16.7. The standard InChI is InChI=1S/C19H30O3/c1-4-5-6-7-8-9-13-16-19(21-2,22-3)18(20)17-14-11-10-12-15-17/h10-12,14-15H,4-9,13,16H2,1-3H3. The first-order valence-corrected chi connectivity index (χ1v) is 8.40. The van der Waals surface area contributed by atoms with E-state index in [9.17, 15) is 4.79 Å². The molecule has 124 valence electrons. The number of methoxy groups -OCH3 is 2. The third-order valence-electron chi connectivity index (χ3n) is 4.15. The van der Waals surface area contributed by atoms with Crippen LogP contribution in [0.25, 0.3) is 0 Å². The van der Waals surface area contributed by atoms with Crippen molar-refractivity contribution in [2.24, 2.45) is 0 Å². The summed E-state index contributed by atoms with van der Waals surface area (Å²) in [5.41, 5.74) is 0.633. The van der Waals surface area contributed by atoms with Gasteiger partial charge in [0, 0.05) is 26.2 Å². The molecule has 0 saturated heterocycles. The first-order chi connectivity index (χ1) is 10.7. The smallest absolute Gasteiger partial charge is 0.233 e. The zero-order chi connectivity index (χ0) is 16.3. The van der Waals surface area contributed by atoms with Crippen LogP contribution in [0.1, 0.15) is 68.6 Å². The Morgan fingerprint density at radius 1 is 0.909 bits per heavy atom. The van der Waals surface area contributed by atoms with Gasteiger partial charge in [-0.3, -0.25) is 4.79 Å². The van der Waals surface area contributed by atoms with Crippen molar-refractivity contribution in [1.82, 2.24) is 0 Å². The Bertz CT molecular complexity index is 410. The van der Waals surface area contributed by atoms with E-state index in [4.69, 9.17) is 9.47 Å². The number of hydrogen-bond donors (Lipinski definition) is 0. The van der Waals surface area contributed by atoms with Gasteiger partial charge in [-0.2, -0.15) is 0 Å². The van der Waals surface area contributed by atoms with Gasteiger partial charge in [0.2, 0.25) is 11.6 Å². The summed E-state index contributed by atoms with van der Waals surface area (Å²) in [5, 5.41) is 0. The van der Waals surface area contributed by atoms with Gasteiger partial charge < -0.3 is 9.47 Å². The summed E-state index contributed by atoms with van der Waals surface area (Å²) in [5.74, 6) is -1.24. The molecule has 0 aliphatic heterocycles. The lowest BCUT2D eigenvalue weighted by Crippen LogP contribution is -2.42. The van der Waals surface area contributed by atoms with Crippen LogP contribution in [-0.2, 0) is 9.47 Å². The molecule has 1 aromatic rings. The van der Waals surface area contributed by atoms with Gasteiger partial charge in [0.1, 0.15) is 0 Å². The molecule has 0 aliphatic rings. The second kappa shape index (κ2) is 10.5. The van der Waals surface area contributed by atoms with Crippen LogP contribution in [0.15, 0.2) is 30.3 Å². The molecule has 0 saturated carbocycles. The molecule has 1 aromatic carbocycles. The Labute approximate surface area is 135 Å². The molecule has 0 N–H and O–H groups in total. The van der Waals surface area contributed by atoms with E-state index in [-0.39, 0.29) is 5.78 Å². The Morgan fingerprint density at radius 2 is 1.45 bits per heavy atom. The second-order valence-electron chi connectivity index (χ2n) is 5.73.